The molecule has 8 aliphatic carbocycles. The lowest BCUT2D eigenvalue weighted by Crippen LogP contribution is -2.21. The van der Waals surface area contributed by atoms with Crippen molar-refractivity contribution < 1.29 is 0 Å². The van der Waals surface area contributed by atoms with Crippen LogP contribution in [0.15, 0.2) is 291 Å². The monoisotopic (exact) mass is 1480 g/mol. The van der Waals surface area contributed by atoms with Gasteiger partial charge in [0.15, 0.2) is 0 Å². The Morgan fingerprint density at radius 3 is 0.698 bits per heavy atom. The first-order valence-electron chi connectivity index (χ1n) is 42.0. The molecule has 4 heteroatoms. The molecule has 116 heavy (non-hydrogen) atoms. The molecule has 0 fully saturated rings. The second kappa shape index (κ2) is 25.1. The van der Waals surface area contributed by atoms with E-state index in [2.05, 4.69) is 339 Å². The molecular formula is C112H84N4. The number of benzene rings is 16. The Bertz CT molecular complexity index is 6840. The van der Waals surface area contributed by atoms with Crippen LogP contribution in [0, 0.1) is 0 Å². The SMILES string of the molecule is CN1c2cc3c(cc2Cc2c1ccc1c2Cc2ccccc2-1)Cc1ccccc1-3.CN1c2ccc3c(c2Cc2c1ccc1c2-c2ccccc2C1)-c1ccccc1C3.CN1c2ccc3c(c2Cc2c1ccc1c2-c2ccccc2C1)Cc1ccccc1-3.CN1c2ccc3c(c2Cc2c1ccc1c2Cc2ccccc2-1)Cc1ccccc1-3. The summed E-state index contributed by atoms with van der Waals surface area (Å²) in [7, 11) is 8.94. The molecule has 16 aromatic carbocycles. The number of nitrogens with zero attached hydrogens (tertiary/aromatic N) is 4. The van der Waals surface area contributed by atoms with E-state index in [4.69, 9.17) is 0 Å². The lowest BCUT2D eigenvalue weighted by atomic mass is 9.85. The highest BCUT2D eigenvalue weighted by atomic mass is 15.1. The molecule has 4 nitrogen and oxygen atoms in total. The third-order valence-corrected chi connectivity index (χ3v) is 28.8. The van der Waals surface area contributed by atoms with Crippen LogP contribution in [-0.4, -0.2) is 28.2 Å². The predicted octanol–water partition coefficient (Wildman–Crippen LogP) is 26.0. The third kappa shape index (κ3) is 9.68. The lowest BCUT2D eigenvalue weighted by Gasteiger charge is -2.33. The Kier molecular flexibility index (Phi) is 14.3. The van der Waals surface area contributed by atoms with Gasteiger partial charge in [-0.1, -0.05) is 243 Å². The second-order valence-corrected chi connectivity index (χ2v) is 34.4. The van der Waals surface area contributed by atoms with Crippen LogP contribution < -0.4 is 19.6 Å². The van der Waals surface area contributed by atoms with Crippen LogP contribution in [0.4, 0.5) is 45.5 Å². The topological polar surface area (TPSA) is 13.0 Å². The Morgan fingerprint density at radius 1 is 0.138 bits per heavy atom. The maximum atomic E-state index is 2.48. The van der Waals surface area contributed by atoms with Crippen molar-refractivity contribution in [2.24, 2.45) is 0 Å². The van der Waals surface area contributed by atoms with Crippen LogP contribution in [0.25, 0.3) is 89.0 Å². The van der Waals surface area contributed by atoms with E-state index >= 15 is 0 Å². The summed E-state index contributed by atoms with van der Waals surface area (Å²) < 4.78 is 0. The van der Waals surface area contributed by atoms with Crippen molar-refractivity contribution in [3.63, 3.8) is 0 Å². The minimum absolute atomic E-state index is 1.02. The van der Waals surface area contributed by atoms with E-state index in [9.17, 15) is 0 Å². The van der Waals surface area contributed by atoms with Crippen molar-refractivity contribution >= 4 is 45.5 Å². The van der Waals surface area contributed by atoms with E-state index in [1.165, 1.54) is 268 Å². The van der Waals surface area contributed by atoms with Crippen molar-refractivity contribution in [3.8, 4) is 89.0 Å². The van der Waals surface area contributed by atoms with Gasteiger partial charge in [-0.25, -0.2) is 0 Å². The number of hydrogen-bond acceptors (Lipinski definition) is 4. The Morgan fingerprint density at radius 2 is 0.362 bits per heavy atom. The fourth-order valence-electron chi connectivity index (χ4n) is 23.4. The van der Waals surface area contributed by atoms with Crippen LogP contribution in [0.2, 0.25) is 0 Å². The van der Waals surface area contributed by atoms with E-state index in [0.717, 1.165) is 77.0 Å². The molecule has 16 aromatic rings. The van der Waals surface area contributed by atoms with Gasteiger partial charge in [-0.15, -0.1) is 0 Å². The quantitative estimate of drug-likeness (QED) is 0.150. The Balaban J connectivity index is 0.0000000866. The smallest absolute Gasteiger partial charge is 0.0450 e. The van der Waals surface area contributed by atoms with E-state index in [-0.39, 0.29) is 0 Å². The van der Waals surface area contributed by atoms with Gasteiger partial charge in [0.25, 0.3) is 0 Å². The van der Waals surface area contributed by atoms with Gasteiger partial charge in [-0.3, -0.25) is 0 Å². The molecule has 0 unspecified atom stereocenters. The van der Waals surface area contributed by atoms with Crippen LogP contribution in [-0.2, 0) is 77.0 Å². The summed E-state index contributed by atoms with van der Waals surface area (Å²) in [5.41, 5.74) is 69.8. The Hall–Kier alpha value is -13.3. The molecule has 0 atom stereocenters. The van der Waals surface area contributed by atoms with Crippen LogP contribution in [0.5, 0.6) is 0 Å². The molecule has 0 N–H and O–H groups in total. The van der Waals surface area contributed by atoms with Gasteiger partial charge in [-0.2, -0.15) is 0 Å². The maximum absolute atomic E-state index is 2.48. The lowest BCUT2D eigenvalue weighted by molar-refractivity contribution is 1.01. The third-order valence-electron chi connectivity index (χ3n) is 28.8. The summed E-state index contributed by atoms with van der Waals surface area (Å²) in [5, 5.41) is 0. The highest BCUT2D eigenvalue weighted by Gasteiger charge is 2.38. The van der Waals surface area contributed by atoms with Crippen molar-refractivity contribution in [1.82, 2.24) is 0 Å². The normalized spacial score (nSPS) is 14.6. The summed E-state index contributed by atoms with van der Waals surface area (Å²) in [6, 6.07) is 109. The molecule has 0 radical (unpaired) electrons. The van der Waals surface area contributed by atoms with Crippen LogP contribution in [0.3, 0.4) is 0 Å². The number of fused-ring (bicyclic) bond motifs is 39. The fraction of sp³-hybridized carbons (Fsp3) is 0.143. The zero-order valence-corrected chi connectivity index (χ0v) is 66.0. The van der Waals surface area contributed by atoms with Crippen molar-refractivity contribution in [2.45, 2.75) is 77.0 Å². The first kappa shape index (κ1) is 66.2. The molecule has 0 saturated carbocycles. The van der Waals surface area contributed by atoms with Gasteiger partial charge >= 0.3 is 0 Å². The first-order chi connectivity index (χ1) is 57.2. The average Bonchev–Trinajstić information content (AvgIpc) is 1.52. The molecule has 0 spiro atoms. The molecule has 552 valence electrons. The summed E-state index contributed by atoms with van der Waals surface area (Å²) in [5.74, 6) is 0. The molecule has 4 aliphatic heterocycles. The summed E-state index contributed by atoms with van der Waals surface area (Å²) >= 11 is 0. The van der Waals surface area contributed by atoms with Crippen molar-refractivity contribution in [2.75, 3.05) is 47.8 Å². The molecule has 28 rings (SSSR count). The average molecular weight is 1490 g/mol. The van der Waals surface area contributed by atoms with Gasteiger partial charge in [0, 0.05) is 99.4 Å². The summed E-state index contributed by atoms with van der Waals surface area (Å²) in [6.07, 6.45) is 12.6. The number of hydrogen-bond donors (Lipinski definition) is 0. The first-order valence-corrected chi connectivity index (χ1v) is 42.0. The second-order valence-electron chi connectivity index (χ2n) is 34.4. The van der Waals surface area contributed by atoms with Gasteiger partial charge < -0.3 is 19.6 Å². The minimum atomic E-state index is 1.02. The van der Waals surface area contributed by atoms with Crippen LogP contribution >= 0.6 is 0 Å². The largest absolute Gasteiger partial charge is 0.344 e. The molecule has 0 saturated heterocycles. The molecule has 0 aromatic heterocycles. The number of rotatable bonds is 0. The maximum Gasteiger partial charge on any atom is 0.0450 e. The van der Waals surface area contributed by atoms with Crippen molar-refractivity contribution in [1.29, 1.82) is 0 Å². The molecule has 0 amide bonds. The van der Waals surface area contributed by atoms with Gasteiger partial charge in [0.05, 0.1) is 0 Å². The van der Waals surface area contributed by atoms with Gasteiger partial charge in [0.1, 0.15) is 0 Å². The van der Waals surface area contributed by atoms with E-state index in [1.807, 2.05) is 0 Å². The minimum Gasteiger partial charge on any atom is -0.344 e. The molecule has 0 bridgehead atoms. The molecule has 12 aliphatic rings. The molecule has 4 heterocycles. The number of anilines is 8. The van der Waals surface area contributed by atoms with Gasteiger partial charge in [0.2, 0.25) is 0 Å². The zero-order chi connectivity index (χ0) is 76.4. The zero-order valence-electron chi connectivity index (χ0n) is 66.0. The summed E-state index contributed by atoms with van der Waals surface area (Å²) in [4.78, 5) is 9.66. The highest BCUT2D eigenvalue weighted by molar-refractivity contribution is 5.97. The van der Waals surface area contributed by atoms with E-state index in [0.29, 0.717) is 0 Å². The standard InChI is InChI=1S/4C28H21N/c1-29-27-11-10-23-21-8-4-3-7-18(21)14-25(23)26(27)15-20-13-19-12-17-6-2-5-9-22(17)24(19)16-28(20)29;1-29-26-13-11-22-20-8-4-2-7-18(20)15-23(22)24(26)16-25-27(29)12-10-19-14-17-6-3-5-9-21(17)28(19)25;1-29-25-12-10-19-14-17-6-2-4-8-21(17)27(19)23(25)16-24-26(29)13-11-20-15-18-7-3-5-9-22(18)28(20)24;1-29-27-12-10-21-19-8-4-2-6-17(19)14-23(21)25(27)16-26-24-15-18-7-3-5-9-20(18)22(24)11-13-28(26)29/h2-11,13,16H,12,14-15H2,1H3;3*2-13H,14-16H2,1H3. The van der Waals surface area contributed by atoms with Crippen molar-refractivity contribution in [3.05, 3.63) is 425 Å². The van der Waals surface area contributed by atoms with Crippen LogP contribution in [0.1, 0.15) is 134 Å². The van der Waals surface area contributed by atoms with E-state index in [1.54, 1.807) is 0 Å². The fourth-order valence-corrected chi connectivity index (χ4v) is 23.4. The van der Waals surface area contributed by atoms with E-state index < -0.39 is 0 Å². The summed E-state index contributed by atoms with van der Waals surface area (Å²) in [6.45, 7) is 0. The Labute approximate surface area is 679 Å². The highest BCUT2D eigenvalue weighted by Crippen LogP contribution is 2.57. The predicted molar refractivity (Wildman–Crippen MR) is 481 cm³/mol. The van der Waals surface area contributed by atoms with Gasteiger partial charge in [-0.05, 0) is 322 Å². The molecular weight excluding hydrogens is 1400 g/mol.